The van der Waals surface area contributed by atoms with Gasteiger partial charge in [-0.1, -0.05) is 45.0 Å². The summed E-state index contributed by atoms with van der Waals surface area (Å²) in [6.07, 6.45) is 1.10. The standard InChI is InChI=1S/C8H10S2.C2H6O.C2H6.Y/c1-2-7-3-5-8(10-9)6-4-7;1-2-3;1-2;/h3-6,9H,2H2,1H3;3H,2H2,1H3;1-2H3;/p-1. The first kappa shape index (κ1) is 22.2. The van der Waals surface area contributed by atoms with Crippen LogP contribution in [0.25, 0.3) is 0 Å². The molecular weight excluding hydrogens is 313 g/mol. The third-order valence-electron chi connectivity index (χ3n) is 1.43. The molecular formula is C12H21OS2Y-. The van der Waals surface area contributed by atoms with Gasteiger partial charge in [0.15, 0.2) is 0 Å². The molecule has 0 aliphatic carbocycles. The average Bonchev–Trinajstić information content (AvgIpc) is 2.33. The molecule has 1 nitrogen and oxygen atoms in total. The van der Waals surface area contributed by atoms with Gasteiger partial charge in [-0.3, -0.25) is 10.8 Å². The van der Waals surface area contributed by atoms with Crippen molar-refractivity contribution in [2.75, 3.05) is 6.61 Å². The Hall–Kier alpha value is 0.984. The van der Waals surface area contributed by atoms with Crippen molar-refractivity contribution in [2.24, 2.45) is 0 Å². The Kier molecular flexibility index (Phi) is 25.5. The number of aliphatic hydroxyl groups is 1. The fraction of sp³-hybridized carbons (Fsp3) is 0.500. The Labute approximate surface area is 134 Å². The summed E-state index contributed by atoms with van der Waals surface area (Å²) in [4.78, 5) is 1.16. The summed E-state index contributed by atoms with van der Waals surface area (Å²) in [5.41, 5.74) is 1.37. The normalized spacial score (nSPS) is 7.62. The molecule has 0 aliphatic heterocycles. The molecule has 0 spiro atoms. The quantitative estimate of drug-likeness (QED) is 0.656. The second-order valence-corrected chi connectivity index (χ2v) is 3.54. The summed E-state index contributed by atoms with van der Waals surface area (Å²) in [5.74, 6) is 0. The van der Waals surface area contributed by atoms with Gasteiger partial charge in [0.1, 0.15) is 0 Å². The number of benzene rings is 1. The number of aryl methyl sites for hydroxylation is 1. The topological polar surface area (TPSA) is 20.2 Å². The molecule has 1 aromatic carbocycles. The number of hydrogen-bond donors (Lipinski definition) is 1. The molecule has 0 aliphatic rings. The maximum Gasteiger partial charge on any atom is 0.0402 e. The van der Waals surface area contributed by atoms with E-state index in [2.05, 4.69) is 31.2 Å². The monoisotopic (exact) mass is 334 g/mol. The van der Waals surface area contributed by atoms with E-state index in [4.69, 9.17) is 16.8 Å². The van der Waals surface area contributed by atoms with Crippen LogP contribution in [0.5, 0.6) is 0 Å². The molecule has 16 heavy (non-hydrogen) atoms. The van der Waals surface area contributed by atoms with Crippen LogP contribution in [0.4, 0.5) is 0 Å². The van der Waals surface area contributed by atoms with Gasteiger partial charge in [0.05, 0.1) is 0 Å². The minimum Gasteiger partial charge on any atom is -0.714 e. The Morgan fingerprint density at radius 1 is 1.12 bits per heavy atom. The van der Waals surface area contributed by atoms with Gasteiger partial charge in [0.25, 0.3) is 0 Å². The summed E-state index contributed by atoms with van der Waals surface area (Å²) >= 11 is 4.81. The molecule has 1 N–H and O–H groups in total. The van der Waals surface area contributed by atoms with E-state index in [1.165, 1.54) is 16.4 Å². The third-order valence-corrected chi connectivity index (χ3v) is 2.47. The van der Waals surface area contributed by atoms with Crippen LogP contribution in [0.15, 0.2) is 29.2 Å². The van der Waals surface area contributed by atoms with Crippen LogP contribution in [0, 0.1) is 0 Å². The van der Waals surface area contributed by atoms with Crippen molar-refractivity contribution in [3.8, 4) is 0 Å². The fourth-order valence-corrected chi connectivity index (χ4v) is 1.36. The fourth-order valence-electron chi connectivity index (χ4n) is 0.781. The SMILES string of the molecule is CC.CCO.CCc1ccc(S[S-])cc1.[Y]. The molecule has 0 bridgehead atoms. The van der Waals surface area contributed by atoms with Gasteiger partial charge < -0.3 is 16.8 Å². The molecule has 0 unspecified atom stereocenters. The molecule has 1 radical (unpaired) electrons. The van der Waals surface area contributed by atoms with Crippen molar-refractivity contribution in [2.45, 2.75) is 39.0 Å². The number of aliphatic hydroxyl groups excluding tert-OH is 1. The predicted octanol–water partition coefficient (Wildman–Crippen LogP) is 3.83. The second kappa shape index (κ2) is 18.4. The van der Waals surface area contributed by atoms with E-state index in [0.717, 1.165) is 11.3 Å². The van der Waals surface area contributed by atoms with Crippen molar-refractivity contribution in [1.29, 1.82) is 0 Å². The van der Waals surface area contributed by atoms with Crippen molar-refractivity contribution in [1.82, 2.24) is 0 Å². The summed E-state index contributed by atoms with van der Waals surface area (Å²) in [6, 6.07) is 8.37. The predicted molar refractivity (Wildman–Crippen MR) is 73.1 cm³/mol. The summed E-state index contributed by atoms with van der Waals surface area (Å²) in [7, 11) is 1.37. The van der Waals surface area contributed by atoms with Gasteiger partial charge in [0, 0.05) is 39.3 Å². The van der Waals surface area contributed by atoms with E-state index in [9.17, 15) is 0 Å². The van der Waals surface area contributed by atoms with Crippen molar-refractivity contribution >= 4 is 22.5 Å². The Morgan fingerprint density at radius 3 is 1.75 bits per heavy atom. The van der Waals surface area contributed by atoms with Gasteiger partial charge in [-0.25, -0.2) is 0 Å². The molecule has 1 aromatic rings. The van der Waals surface area contributed by atoms with Crippen LogP contribution in [0.3, 0.4) is 0 Å². The van der Waals surface area contributed by atoms with Gasteiger partial charge in [-0.05, 0) is 23.8 Å². The molecule has 0 heterocycles. The van der Waals surface area contributed by atoms with Crippen LogP contribution < -0.4 is 0 Å². The zero-order valence-electron chi connectivity index (χ0n) is 10.6. The van der Waals surface area contributed by atoms with E-state index in [1.54, 1.807) is 6.92 Å². The van der Waals surface area contributed by atoms with E-state index >= 15 is 0 Å². The maximum atomic E-state index is 7.57. The van der Waals surface area contributed by atoms with Gasteiger partial charge >= 0.3 is 0 Å². The molecule has 0 fully saturated rings. The average molecular weight is 334 g/mol. The molecule has 1 rings (SSSR count). The molecule has 0 saturated heterocycles. The summed E-state index contributed by atoms with van der Waals surface area (Å²) in [6.45, 7) is 8.08. The summed E-state index contributed by atoms with van der Waals surface area (Å²) in [5, 5.41) is 7.57. The number of hydrogen-bond acceptors (Lipinski definition) is 3. The maximum absolute atomic E-state index is 7.57. The van der Waals surface area contributed by atoms with Crippen molar-refractivity contribution < 1.29 is 37.8 Å². The van der Waals surface area contributed by atoms with E-state index < -0.39 is 0 Å². The zero-order valence-corrected chi connectivity index (χ0v) is 15.0. The Bertz CT molecular complexity index is 192. The van der Waals surface area contributed by atoms with Crippen molar-refractivity contribution in [3.05, 3.63) is 29.8 Å². The van der Waals surface area contributed by atoms with Crippen LogP contribution in [0.1, 0.15) is 33.3 Å². The number of rotatable bonds is 2. The van der Waals surface area contributed by atoms with Crippen molar-refractivity contribution in [3.63, 3.8) is 0 Å². The smallest absolute Gasteiger partial charge is 0.0402 e. The molecule has 4 heteroatoms. The first-order valence-corrected chi connectivity index (χ1v) is 7.02. The third kappa shape index (κ3) is 13.1. The second-order valence-electron chi connectivity index (χ2n) is 2.40. The Balaban J connectivity index is -0.000000246. The van der Waals surface area contributed by atoms with E-state index in [-0.39, 0.29) is 39.3 Å². The van der Waals surface area contributed by atoms with Crippen LogP contribution >= 0.6 is 10.8 Å². The molecule has 0 amide bonds. The first-order valence-electron chi connectivity index (χ1n) is 5.28. The molecule has 91 valence electrons. The van der Waals surface area contributed by atoms with E-state index in [0.29, 0.717) is 0 Å². The summed E-state index contributed by atoms with van der Waals surface area (Å²) < 4.78 is 0. The first-order chi connectivity index (χ1) is 7.28. The molecule has 0 atom stereocenters. The Morgan fingerprint density at radius 2 is 1.50 bits per heavy atom. The molecule has 0 saturated carbocycles. The van der Waals surface area contributed by atoms with Crippen LogP contribution in [-0.2, 0) is 50.8 Å². The van der Waals surface area contributed by atoms with Gasteiger partial charge in [-0.15, -0.1) is 0 Å². The van der Waals surface area contributed by atoms with Crippen LogP contribution in [-0.4, -0.2) is 11.7 Å². The zero-order chi connectivity index (χ0) is 12.1. The minimum atomic E-state index is 0. The largest absolute Gasteiger partial charge is 0.714 e. The van der Waals surface area contributed by atoms with Gasteiger partial charge in [-0.2, -0.15) is 0 Å². The van der Waals surface area contributed by atoms with Crippen LogP contribution in [0.2, 0.25) is 0 Å². The van der Waals surface area contributed by atoms with E-state index in [1.807, 2.05) is 13.8 Å². The van der Waals surface area contributed by atoms with Gasteiger partial charge in [0.2, 0.25) is 0 Å². The molecule has 0 aromatic heterocycles. The minimum absolute atomic E-state index is 0.